The first-order chi connectivity index (χ1) is 18.5. The van der Waals surface area contributed by atoms with Crippen molar-refractivity contribution in [2.75, 3.05) is 33.4 Å². The Morgan fingerprint density at radius 1 is 0.921 bits per heavy atom. The van der Waals surface area contributed by atoms with E-state index in [2.05, 4.69) is 5.32 Å². The second kappa shape index (κ2) is 9.22. The van der Waals surface area contributed by atoms with Gasteiger partial charge >= 0.3 is 5.63 Å². The van der Waals surface area contributed by atoms with Gasteiger partial charge in [0, 0.05) is 11.3 Å². The number of rotatable bonds is 6. The van der Waals surface area contributed by atoms with Gasteiger partial charge in [0.2, 0.25) is 18.3 Å². The summed E-state index contributed by atoms with van der Waals surface area (Å²) < 4.78 is 39.6. The molecular weight excluding hydrogens is 494 g/mol. The van der Waals surface area contributed by atoms with Crippen LogP contribution in [0.5, 0.6) is 34.5 Å². The van der Waals surface area contributed by atoms with Crippen LogP contribution in [0.15, 0.2) is 63.8 Å². The summed E-state index contributed by atoms with van der Waals surface area (Å²) in [6.07, 6.45) is -1.15. The molecule has 2 atom stereocenters. The van der Waals surface area contributed by atoms with Gasteiger partial charge in [0.1, 0.15) is 17.1 Å². The van der Waals surface area contributed by atoms with Gasteiger partial charge in [0.25, 0.3) is 5.91 Å². The number of hydrogen-bond acceptors (Lipinski definition) is 9. The van der Waals surface area contributed by atoms with Gasteiger partial charge in [-0.05, 0) is 42.5 Å². The minimum absolute atomic E-state index is 0.0303. The molecule has 0 bridgehead atoms. The molecule has 3 aromatic carbocycles. The number of methoxy groups -OCH3 is 3. The van der Waals surface area contributed by atoms with E-state index in [0.717, 1.165) is 0 Å². The lowest BCUT2D eigenvalue weighted by molar-refractivity contribution is -0.122. The second-order valence-corrected chi connectivity index (χ2v) is 8.63. The zero-order valence-electron chi connectivity index (χ0n) is 20.7. The molecule has 0 aliphatic carbocycles. The third kappa shape index (κ3) is 3.64. The zero-order valence-corrected chi connectivity index (χ0v) is 20.7. The number of amides is 1. The van der Waals surface area contributed by atoms with E-state index in [4.69, 9.17) is 32.8 Å². The molecule has 38 heavy (non-hydrogen) atoms. The van der Waals surface area contributed by atoms with Crippen LogP contribution < -0.4 is 39.4 Å². The molecule has 0 fully saturated rings. The number of ether oxygens (including phenoxy) is 6. The van der Waals surface area contributed by atoms with Gasteiger partial charge < -0.3 is 38.2 Å². The van der Waals surface area contributed by atoms with Gasteiger partial charge in [0.15, 0.2) is 17.6 Å². The topological polar surface area (TPSA) is 115 Å². The van der Waals surface area contributed by atoms with Gasteiger partial charge in [-0.2, -0.15) is 0 Å². The van der Waals surface area contributed by atoms with Gasteiger partial charge in [-0.3, -0.25) is 4.79 Å². The van der Waals surface area contributed by atoms with Gasteiger partial charge in [-0.15, -0.1) is 0 Å². The van der Waals surface area contributed by atoms with Crippen LogP contribution in [0.2, 0.25) is 0 Å². The van der Waals surface area contributed by atoms with Crippen molar-refractivity contribution in [1.29, 1.82) is 0 Å². The monoisotopic (exact) mass is 517 g/mol. The summed E-state index contributed by atoms with van der Waals surface area (Å²) in [7, 11) is 4.52. The average molecular weight is 517 g/mol. The zero-order chi connectivity index (χ0) is 26.4. The van der Waals surface area contributed by atoms with E-state index in [1.807, 2.05) is 0 Å². The Kier molecular flexibility index (Phi) is 5.71. The number of fused-ring (bicyclic) bond motifs is 4. The molecule has 1 amide bonds. The van der Waals surface area contributed by atoms with Crippen LogP contribution in [-0.2, 0) is 4.79 Å². The molecule has 10 nitrogen and oxygen atoms in total. The Morgan fingerprint density at radius 3 is 2.42 bits per heavy atom. The fourth-order valence-corrected chi connectivity index (χ4v) is 4.92. The Bertz CT molecular complexity index is 1610. The van der Waals surface area contributed by atoms with Crippen LogP contribution in [0.4, 0.5) is 5.69 Å². The van der Waals surface area contributed by atoms with E-state index >= 15 is 0 Å². The van der Waals surface area contributed by atoms with E-state index in [1.165, 1.54) is 14.2 Å². The first-order valence-electron chi connectivity index (χ1n) is 11.8. The molecule has 0 unspecified atom stereocenters. The fourth-order valence-electron chi connectivity index (χ4n) is 4.92. The summed E-state index contributed by atoms with van der Waals surface area (Å²) in [5.74, 6) is 0.880. The van der Waals surface area contributed by atoms with Gasteiger partial charge in [-0.25, -0.2) is 4.79 Å². The van der Waals surface area contributed by atoms with Crippen molar-refractivity contribution in [2.24, 2.45) is 0 Å². The minimum Gasteiger partial charge on any atom is -0.497 e. The summed E-state index contributed by atoms with van der Waals surface area (Å²) in [4.78, 5) is 27.1. The molecular formula is C28H23NO9. The van der Waals surface area contributed by atoms with E-state index < -0.39 is 23.6 Å². The van der Waals surface area contributed by atoms with Crippen molar-refractivity contribution in [3.05, 3.63) is 76.1 Å². The molecule has 2 aliphatic heterocycles. The van der Waals surface area contributed by atoms with E-state index in [-0.39, 0.29) is 18.1 Å². The van der Waals surface area contributed by atoms with Crippen LogP contribution in [0.1, 0.15) is 17.0 Å². The maximum Gasteiger partial charge on any atom is 0.344 e. The highest BCUT2D eigenvalue weighted by atomic mass is 16.7. The maximum atomic E-state index is 13.7. The molecule has 10 heteroatoms. The van der Waals surface area contributed by atoms with Crippen molar-refractivity contribution in [2.45, 2.75) is 12.0 Å². The van der Waals surface area contributed by atoms with Crippen LogP contribution in [-0.4, -0.2) is 40.1 Å². The third-order valence-corrected chi connectivity index (χ3v) is 6.62. The quantitative estimate of drug-likeness (QED) is 0.378. The maximum absolute atomic E-state index is 13.7. The van der Waals surface area contributed by atoms with Gasteiger partial charge in [-0.1, -0.05) is 12.1 Å². The predicted octanol–water partition coefficient (Wildman–Crippen LogP) is 4.08. The molecule has 0 radical (unpaired) electrons. The summed E-state index contributed by atoms with van der Waals surface area (Å²) >= 11 is 0. The molecule has 0 saturated heterocycles. The summed E-state index contributed by atoms with van der Waals surface area (Å²) in [5.41, 5.74) is 0.896. The van der Waals surface area contributed by atoms with Crippen molar-refractivity contribution >= 4 is 22.6 Å². The summed E-state index contributed by atoms with van der Waals surface area (Å²) in [5, 5.41) is 3.44. The normalized spacial score (nSPS) is 17.0. The highest BCUT2D eigenvalue weighted by Crippen LogP contribution is 2.55. The molecule has 1 aromatic heterocycles. The number of benzene rings is 3. The highest BCUT2D eigenvalue weighted by Gasteiger charge is 2.47. The van der Waals surface area contributed by atoms with E-state index in [1.54, 1.807) is 61.7 Å². The third-order valence-electron chi connectivity index (χ3n) is 6.62. The molecule has 0 saturated carbocycles. The highest BCUT2D eigenvalue weighted by molar-refractivity contribution is 5.98. The van der Waals surface area contributed by atoms with Gasteiger partial charge in [0.05, 0.1) is 38.2 Å². The summed E-state index contributed by atoms with van der Waals surface area (Å²) in [6, 6.07) is 15.5. The average Bonchev–Trinajstić information content (AvgIpc) is 3.59. The lowest BCUT2D eigenvalue weighted by Gasteiger charge is -2.22. The van der Waals surface area contributed by atoms with Crippen LogP contribution in [0.25, 0.3) is 11.0 Å². The van der Waals surface area contributed by atoms with Crippen molar-refractivity contribution in [3.8, 4) is 34.5 Å². The standard InChI is InChI=1S/C28H23NO9/c1-32-15-10-8-14(9-11-15)29-27(30)25-20(17-12-19(33-2)24-26(23(17)34-3)36-13-35-24)21-22(38-25)16-6-4-5-7-18(16)37-28(21)31/h4-12,20,25H,13H2,1-3H3,(H,29,30)/t20-,25+/m0/s1. The second-order valence-electron chi connectivity index (χ2n) is 8.63. The Morgan fingerprint density at radius 2 is 1.68 bits per heavy atom. The Hall–Kier alpha value is -4.86. The molecule has 2 aliphatic rings. The lowest BCUT2D eigenvalue weighted by atomic mass is 9.87. The molecule has 3 heterocycles. The van der Waals surface area contributed by atoms with E-state index in [0.29, 0.717) is 51.0 Å². The SMILES string of the molecule is COc1ccc(NC(=O)[C@@H]2Oc3c(c(=O)oc4ccccc34)[C@@H]2c2cc(OC)c3c(c2OC)OCO3)cc1. The van der Waals surface area contributed by atoms with Crippen LogP contribution in [0.3, 0.4) is 0 Å². The first kappa shape index (κ1) is 23.5. The lowest BCUT2D eigenvalue weighted by Crippen LogP contribution is -2.35. The number of hydrogen-bond donors (Lipinski definition) is 1. The van der Waals surface area contributed by atoms with Crippen LogP contribution >= 0.6 is 0 Å². The van der Waals surface area contributed by atoms with Crippen molar-refractivity contribution < 1.29 is 37.6 Å². The molecule has 4 aromatic rings. The molecule has 0 spiro atoms. The van der Waals surface area contributed by atoms with E-state index in [9.17, 15) is 9.59 Å². The predicted molar refractivity (Wildman–Crippen MR) is 136 cm³/mol. The van der Waals surface area contributed by atoms with Crippen molar-refractivity contribution in [1.82, 2.24) is 0 Å². The largest absolute Gasteiger partial charge is 0.497 e. The number of para-hydroxylation sites is 1. The molecule has 6 rings (SSSR count). The molecule has 194 valence electrons. The number of carbonyl (C=O) groups is 1. The molecule has 1 N–H and O–H groups in total. The fraction of sp³-hybridized carbons (Fsp3) is 0.214. The summed E-state index contributed by atoms with van der Waals surface area (Å²) in [6.45, 7) is -0.0303. The van der Waals surface area contributed by atoms with Crippen molar-refractivity contribution in [3.63, 3.8) is 0 Å². The smallest absolute Gasteiger partial charge is 0.344 e. The number of anilines is 1. The Labute approximate surface area is 216 Å². The first-order valence-corrected chi connectivity index (χ1v) is 11.8. The Balaban J connectivity index is 1.53. The number of carbonyl (C=O) groups excluding carboxylic acids is 1. The van der Waals surface area contributed by atoms with Crippen LogP contribution in [0, 0.1) is 0 Å². The minimum atomic E-state index is -1.15. The number of nitrogens with one attached hydrogen (secondary N) is 1.